The zero-order chi connectivity index (χ0) is 30.6. The molecule has 2 aromatic heterocycles. The fraction of sp³-hybridized carbons (Fsp3) is 0.0244. The Bertz CT molecular complexity index is 2560. The number of aromatic nitrogens is 1. The summed E-state index contributed by atoms with van der Waals surface area (Å²) in [5, 5.41) is 18.1. The SMILES string of the molecule is N#Cc1ccc(C2=CC(c3ccccc3)=NC(c3cccc(-n4c5ccccc5c5cc6sc7ccccc7c6cc54)c3)N2)cc1. The van der Waals surface area contributed by atoms with Crippen LogP contribution in [0.15, 0.2) is 151 Å². The molecule has 9 rings (SSSR count). The first-order chi connectivity index (χ1) is 22.7. The van der Waals surface area contributed by atoms with Gasteiger partial charge in [-0.3, -0.25) is 4.99 Å². The van der Waals surface area contributed by atoms with Gasteiger partial charge in [0.1, 0.15) is 6.17 Å². The molecule has 1 atom stereocenters. The topological polar surface area (TPSA) is 53.1 Å². The van der Waals surface area contributed by atoms with Gasteiger partial charge in [0.25, 0.3) is 0 Å². The maximum Gasteiger partial charge on any atom is 0.145 e. The number of thiophene rings is 1. The van der Waals surface area contributed by atoms with Crippen molar-refractivity contribution in [3.8, 4) is 11.8 Å². The van der Waals surface area contributed by atoms with Gasteiger partial charge in [-0.15, -0.1) is 11.3 Å². The van der Waals surface area contributed by atoms with E-state index < -0.39 is 0 Å². The average molecular weight is 607 g/mol. The summed E-state index contributed by atoms with van der Waals surface area (Å²) in [5.74, 6) is 0. The maximum absolute atomic E-state index is 9.34. The van der Waals surface area contributed by atoms with E-state index >= 15 is 0 Å². The van der Waals surface area contributed by atoms with Crippen LogP contribution in [0.1, 0.15) is 28.4 Å². The monoisotopic (exact) mass is 606 g/mol. The summed E-state index contributed by atoms with van der Waals surface area (Å²) in [7, 11) is 0. The van der Waals surface area contributed by atoms with Crippen LogP contribution in [0, 0.1) is 11.3 Å². The molecule has 0 aliphatic carbocycles. The van der Waals surface area contributed by atoms with Crippen LogP contribution in [0.5, 0.6) is 0 Å². The van der Waals surface area contributed by atoms with E-state index in [0.29, 0.717) is 5.56 Å². The molecule has 1 aliphatic heterocycles. The molecule has 3 heterocycles. The molecule has 8 aromatic rings. The summed E-state index contributed by atoms with van der Waals surface area (Å²) in [6, 6.07) is 51.0. The number of hydrogen-bond donors (Lipinski definition) is 1. The second kappa shape index (κ2) is 10.6. The molecule has 1 aliphatic rings. The van der Waals surface area contributed by atoms with Gasteiger partial charge >= 0.3 is 0 Å². The molecule has 1 unspecified atom stereocenters. The number of benzene rings is 6. The van der Waals surface area contributed by atoms with Crippen LogP contribution in [0.3, 0.4) is 0 Å². The molecule has 1 N–H and O–H groups in total. The molecular formula is C41H26N4S. The highest BCUT2D eigenvalue weighted by molar-refractivity contribution is 7.25. The number of rotatable bonds is 4. The number of aliphatic imine (C=N–C) groups is 1. The smallest absolute Gasteiger partial charge is 0.145 e. The molecule has 0 saturated carbocycles. The van der Waals surface area contributed by atoms with Gasteiger partial charge in [-0.1, -0.05) is 91.0 Å². The Morgan fingerprint density at radius 1 is 0.630 bits per heavy atom. The third-order valence-electron chi connectivity index (χ3n) is 8.85. The maximum atomic E-state index is 9.34. The molecule has 0 radical (unpaired) electrons. The predicted octanol–water partition coefficient (Wildman–Crippen LogP) is 10.2. The van der Waals surface area contributed by atoms with E-state index in [4.69, 9.17) is 4.99 Å². The molecule has 46 heavy (non-hydrogen) atoms. The minimum Gasteiger partial charge on any atom is -0.360 e. The normalized spacial score (nSPS) is 14.7. The van der Waals surface area contributed by atoms with Gasteiger partial charge in [-0.2, -0.15) is 5.26 Å². The van der Waals surface area contributed by atoms with Crippen LogP contribution in [-0.2, 0) is 0 Å². The van der Waals surface area contributed by atoms with Crippen molar-refractivity contribution in [3.63, 3.8) is 0 Å². The van der Waals surface area contributed by atoms with Crippen LogP contribution in [0.25, 0.3) is 53.4 Å². The van der Waals surface area contributed by atoms with Gasteiger partial charge in [0.05, 0.1) is 28.4 Å². The van der Waals surface area contributed by atoms with Crippen molar-refractivity contribution < 1.29 is 0 Å². The van der Waals surface area contributed by atoms with Crippen LogP contribution in [-0.4, -0.2) is 10.3 Å². The van der Waals surface area contributed by atoms with Gasteiger partial charge in [-0.25, -0.2) is 0 Å². The fourth-order valence-electron chi connectivity index (χ4n) is 6.65. The first-order valence-electron chi connectivity index (χ1n) is 15.3. The average Bonchev–Trinajstić information content (AvgIpc) is 3.65. The van der Waals surface area contributed by atoms with Crippen molar-refractivity contribution in [2.45, 2.75) is 6.17 Å². The lowest BCUT2D eigenvalue weighted by molar-refractivity contribution is 0.663. The molecular weight excluding hydrogens is 581 g/mol. The molecule has 0 spiro atoms. The van der Waals surface area contributed by atoms with E-state index in [2.05, 4.69) is 119 Å². The highest BCUT2D eigenvalue weighted by Crippen LogP contribution is 2.41. The van der Waals surface area contributed by atoms with Gasteiger partial charge in [0.15, 0.2) is 0 Å². The fourth-order valence-corrected chi connectivity index (χ4v) is 7.78. The summed E-state index contributed by atoms with van der Waals surface area (Å²) in [6.07, 6.45) is 1.80. The van der Waals surface area contributed by atoms with Crippen molar-refractivity contribution in [2.75, 3.05) is 0 Å². The zero-order valence-electron chi connectivity index (χ0n) is 24.7. The summed E-state index contributed by atoms with van der Waals surface area (Å²) in [5.41, 5.74) is 9.13. The van der Waals surface area contributed by atoms with E-state index in [1.165, 1.54) is 42.0 Å². The van der Waals surface area contributed by atoms with E-state index in [1.807, 2.05) is 53.8 Å². The number of allylic oxidation sites excluding steroid dienone is 1. The second-order valence-corrected chi connectivity index (χ2v) is 12.7. The number of fused-ring (bicyclic) bond motifs is 6. The van der Waals surface area contributed by atoms with Crippen molar-refractivity contribution in [1.29, 1.82) is 5.26 Å². The Balaban J connectivity index is 1.21. The summed E-state index contributed by atoms with van der Waals surface area (Å²) >= 11 is 1.86. The lowest BCUT2D eigenvalue weighted by Crippen LogP contribution is -2.25. The predicted molar refractivity (Wildman–Crippen MR) is 192 cm³/mol. The Kier molecular flexibility index (Phi) is 6.09. The Morgan fingerprint density at radius 2 is 1.41 bits per heavy atom. The van der Waals surface area contributed by atoms with E-state index in [9.17, 15) is 5.26 Å². The van der Waals surface area contributed by atoms with Crippen LogP contribution >= 0.6 is 11.3 Å². The van der Waals surface area contributed by atoms with Crippen molar-refractivity contribution >= 4 is 64.7 Å². The standard InChI is InChI=1S/C41H26N4S/c42-25-26-17-19-28(20-18-26)36-24-35(27-9-2-1-3-10-27)43-41(44-36)29-11-8-12-30(21-29)45-37-15-6-4-13-31(37)33-23-40-34(22-38(33)45)32-14-5-7-16-39(32)46-40/h1-24,41,44H. The first-order valence-corrected chi connectivity index (χ1v) is 16.1. The summed E-state index contributed by atoms with van der Waals surface area (Å²) in [4.78, 5) is 5.22. The lowest BCUT2D eigenvalue weighted by Gasteiger charge is -2.25. The number of nitrogens with zero attached hydrogens (tertiary/aromatic N) is 3. The second-order valence-electron chi connectivity index (χ2n) is 11.6. The van der Waals surface area contributed by atoms with Gasteiger partial charge in [0.2, 0.25) is 0 Å². The molecule has 6 aromatic carbocycles. The van der Waals surface area contributed by atoms with Gasteiger partial charge in [0, 0.05) is 42.3 Å². The van der Waals surface area contributed by atoms with Crippen molar-refractivity contribution in [2.24, 2.45) is 4.99 Å². The largest absolute Gasteiger partial charge is 0.360 e. The minimum absolute atomic E-state index is 0.300. The third kappa shape index (κ3) is 4.31. The summed E-state index contributed by atoms with van der Waals surface area (Å²) in [6.45, 7) is 0. The first kappa shape index (κ1) is 26.4. The van der Waals surface area contributed by atoms with Gasteiger partial charge < -0.3 is 9.88 Å². The number of para-hydroxylation sites is 1. The zero-order valence-corrected chi connectivity index (χ0v) is 25.5. The Labute approximate surface area is 269 Å². The van der Waals surface area contributed by atoms with Crippen LogP contribution in [0.2, 0.25) is 0 Å². The van der Waals surface area contributed by atoms with E-state index in [-0.39, 0.29) is 6.17 Å². The summed E-state index contributed by atoms with van der Waals surface area (Å²) < 4.78 is 5.01. The van der Waals surface area contributed by atoms with Gasteiger partial charge in [-0.05, 0) is 71.3 Å². The minimum atomic E-state index is -0.300. The Morgan fingerprint density at radius 3 is 2.26 bits per heavy atom. The Hall–Kier alpha value is -5.96. The lowest BCUT2D eigenvalue weighted by atomic mass is 10.0. The molecule has 0 bridgehead atoms. The van der Waals surface area contributed by atoms with Crippen LogP contribution < -0.4 is 5.32 Å². The molecule has 0 amide bonds. The van der Waals surface area contributed by atoms with E-state index in [1.54, 1.807) is 0 Å². The van der Waals surface area contributed by atoms with Crippen molar-refractivity contribution in [1.82, 2.24) is 9.88 Å². The van der Waals surface area contributed by atoms with Crippen LogP contribution in [0.4, 0.5) is 0 Å². The third-order valence-corrected chi connectivity index (χ3v) is 9.98. The highest BCUT2D eigenvalue weighted by Gasteiger charge is 2.21. The molecule has 0 fully saturated rings. The highest BCUT2D eigenvalue weighted by atomic mass is 32.1. The molecule has 216 valence electrons. The molecule has 5 heteroatoms. The number of hydrogen-bond acceptors (Lipinski definition) is 4. The van der Waals surface area contributed by atoms with Crippen molar-refractivity contribution in [3.05, 3.63) is 168 Å². The molecule has 0 saturated heterocycles. The number of nitrogens with one attached hydrogen (secondary N) is 1. The quantitative estimate of drug-likeness (QED) is 0.217. The molecule has 4 nitrogen and oxygen atoms in total. The van der Waals surface area contributed by atoms with E-state index in [0.717, 1.165) is 33.8 Å². The number of nitriles is 1.